The molecule has 0 unspecified atom stereocenters. The van der Waals surface area contributed by atoms with Crippen molar-refractivity contribution >= 4 is 26.7 Å². The summed E-state index contributed by atoms with van der Waals surface area (Å²) in [6, 6.07) is 13.0. The largest absolute Gasteiger partial charge is 0.439 e. The molecule has 2 aromatic carbocycles. The van der Waals surface area contributed by atoms with Crippen LogP contribution in [0.15, 0.2) is 51.5 Å². The van der Waals surface area contributed by atoms with Crippen molar-refractivity contribution in [1.29, 1.82) is 0 Å². The molecule has 21 heavy (non-hydrogen) atoms. The Balaban J connectivity index is 1.88. The van der Waals surface area contributed by atoms with Gasteiger partial charge in [-0.2, -0.15) is 0 Å². The first kappa shape index (κ1) is 14.3. The van der Waals surface area contributed by atoms with Gasteiger partial charge in [-0.25, -0.2) is 4.98 Å². The molecule has 1 heterocycles. The highest BCUT2D eigenvalue weighted by atomic mass is 79.9. The SMILES string of the molecule is CC(C)NCc1ncc(-c2ccc3cc(Br)ccc3c2)o1. The Morgan fingerprint density at radius 2 is 1.90 bits per heavy atom. The Hall–Kier alpha value is -1.65. The van der Waals surface area contributed by atoms with Crippen LogP contribution < -0.4 is 5.32 Å². The van der Waals surface area contributed by atoms with Crippen molar-refractivity contribution in [2.24, 2.45) is 0 Å². The van der Waals surface area contributed by atoms with E-state index < -0.39 is 0 Å². The van der Waals surface area contributed by atoms with Gasteiger partial charge in [0.05, 0.1) is 12.7 Å². The van der Waals surface area contributed by atoms with Crippen LogP contribution >= 0.6 is 15.9 Å². The lowest BCUT2D eigenvalue weighted by Gasteiger charge is -2.04. The first-order chi connectivity index (χ1) is 10.1. The van der Waals surface area contributed by atoms with Crippen molar-refractivity contribution in [1.82, 2.24) is 10.3 Å². The number of nitrogens with zero attached hydrogens (tertiary/aromatic N) is 1. The zero-order chi connectivity index (χ0) is 14.8. The summed E-state index contributed by atoms with van der Waals surface area (Å²) in [5.41, 5.74) is 1.05. The number of nitrogens with one attached hydrogen (secondary N) is 1. The molecule has 0 aliphatic carbocycles. The van der Waals surface area contributed by atoms with Crippen LogP contribution in [-0.2, 0) is 6.54 Å². The third-order valence-corrected chi connectivity index (χ3v) is 3.80. The average Bonchev–Trinajstić information content (AvgIpc) is 2.93. The normalized spacial score (nSPS) is 11.4. The second kappa shape index (κ2) is 6.00. The zero-order valence-corrected chi connectivity index (χ0v) is 13.6. The molecule has 3 rings (SSSR count). The van der Waals surface area contributed by atoms with Gasteiger partial charge in [0.25, 0.3) is 0 Å². The van der Waals surface area contributed by atoms with Gasteiger partial charge in [0.15, 0.2) is 5.76 Å². The quantitative estimate of drug-likeness (QED) is 0.741. The number of benzene rings is 2. The molecule has 4 heteroatoms. The summed E-state index contributed by atoms with van der Waals surface area (Å²) in [5, 5.41) is 5.69. The number of aromatic nitrogens is 1. The van der Waals surface area contributed by atoms with Gasteiger partial charge in [-0.15, -0.1) is 0 Å². The maximum atomic E-state index is 5.81. The fourth-order valence-corrected chi connectivity index (χ4v) is 2.57. The number of halogens is 1. The Morgan fingerprint density at radius 1 is 1.14 bits per heavy atom. The molecule has 0 bridgehead atoms. The summed E-state index contributed by atoms with van der Waals surface area (Å²) in [6.07, 6.45) is 1.79. The number of rotatable bonds is 4. The van der Waals surface area contributed by atoms with E-state index in [2.05, 4.69) is 70.4 Å². The highest BCUT2D eigenvalue weighted by Crippen LogP contribution is 2.27. The van der Waals surface area contributed by atoms with E-state index in [0.29, 0.717) is 12.6 Å². The predicted molar refractivity (Wildman–Crippen MR) is 89.1 cm³/mol. The van der Waals surface area contributed by atoms with Gasteiger partial charge in [-0.05, 0) is 29.0 Å². The average molecular weight is 345 g/mol. The molecule has 0 saturated heterocycles. The van der Waals surface area contributed by atoms with Crippen molar-refractivity contribution < 1.29 is 4.42 Å². The van der Waals surface area contributed by atoms with Crippen molar-refractivity contribution in [2.75, 3.05) is 0 Å². The highest BCUT2D eigenvalue weighted by molar-refractivity contribution is 9.10. The maximum Gasteiger partial charge on any atom is 0.208 e. The molecule has 1 aromatic heterocycles. The molecule has 3 nitrogen and oxygen atoms in total. The van der Waals surface area contributed by atoms with Crippen LogP contribution in [0.2, 0.25) is 0 Å². The lowest BCUT2D eigenvalue weighted by Crippen LogP contribution is -2.21. The molecule has 0 radical (unpaired) electrons. The molecule has 0 spiro atoms. The van der Waals surface area contributed by atoms with Gasteiger partial charge < -0.3 is 9.73 Å². The summed E-state index contributed by atoms with van der Waals surface area (Å²) < 4.78 is 6.90. The Bertz CT molecular complexity index is 764. The van der Waals surface area contributed by atoms with Gasteiger partial charge in [0, 0.05) is 16.1 Å². The monoisotopic (exact) mass is 344 g/mol. The molecule has 0 saturated carbocycles. The van der Waals surface area contributed by atoms with E-state index in [1.165, 1.54) is 10.8 Å². The van der Waals surface area contributed by atoms with Gasteiger partial charge in [-0.3, -0.25) is 0 Å². The Kier molecular flexibility index (Phi) is 4.08. The van der Waals surface area contributed by atoms with Gasteiger partial charge in [0.1, 0.15) is 0 Å². The van der Waals surface area contributed by atoms with Crippen LogP contribution in [0, 0.1) is 0 Å². The van der Waals surface area contributed by atoms with Crippen LogP contribution in [0.1, 0.15) is 19.7 Å². The summed E-state index contributed by atoms with van der Waals surface area (Å²) in [5.74, 6) is 1.52. The minimum Gasteiger partial charge on any atom is -0.439 e. The second-order valence-electron chi connectivity index (χ2n) is 5.36. The zero-order valence-electron chi connectivity index (χ0n) is 12.1. The number of hydrogen-bond acceptors (Lipinski definition) is 3. The van der Waals surface area contributed by atoms with E-state index in [4.69, 9.17) is 4.42 Å². The first-order valence-corrected chi connectivity index (χ1v) is 7.79. The minimum absolute atomic E-state index is 0.416. The highest BCUT2D eigenvalue weighted by Gasteiger charge is 2.07. The summed E-state index contributed by atoms with van der Waals surface area (Å²) in [6.45, 7) is 4.86. The molecule has 0 aliphatic rings. The van der Waals surface area contributed by atoms with Crippen molar-refractivity contribution in [2.45, 2.75) is 26.4 Å². The smallest absolute Gasteiger partial charge is 0.208 e. The lowest BCUT2D eigenvalue weighted by molar-refractivity contribution is 0.459. The molecule has 0 fully saturated rings. The van der Waals surface area contributed by atoms with Gasteiger partial charge in [-0.1, -0.05) is 48.0 Å². The van der Waals surface area contributed by atoms with Crippen molar-refractivity contribution in [3.63, 3.8) is 0 Å². The molecule has 0 aliphatic heterocycles. The van der Waals surface area contributed by atoms with Crippen molar-refractivity contribution in [3.05, 3.63) is 53.0 Å². The summed E-state index contributed by atoms with van der Waals surface area (Å²) >= 11 is 3.49. The number of hydrogen-bond donors (Lipinski definition) is 1. The van der Waals surface area contributed by atoms with E-state index in [-0.39, 0.29) is 0 Å². The standard InChI is InChI=1S/C17H17BrN2O/c1-11(2)19-10-17-20-9-16(21-17)14-4-3-13-8-15(18)6-5-12(13)7-14/h3-9,11,19H,10H2,1-2H3. The molecule has 0 atom stereocenters. The van der Waals surface area contributed by atoms with Crippen LogP contribution in [0.5, 0.6) is 0 Å². The van der Waals surface area contributed by atoms with Gasteiger partial charge in [0.2, 0.25) is 5.89 Å². The Labute approximate surface area is 132 Å². The van der Waals surface area contributed by atoms with E-state index in [0.717, 1.165) is 21.7 Å². The molecular weight excluding hydrogens is 328 g/mol. The van der Waals surface area contributed by atoms with E-state index in [9.17, 15) is 0 Å². The second-order valence-corrected chi connectivity index (χ2v) is 6.28. The van der Waals surface area contributed by atoms with Crippen LogP contribution in [0.4, 0.5) is 0 Å². The Morgan fingerprint density at radius 3 is 2.71 bits per heavy atom. The van der Waals surface area contributed by atoms with Crippen molar-refractivity contribution in [3.8, 4) is 11.3 Å². The fourth-order valence-electron chi connectivity index (χ4n) is 2.19. The van der Waals surface area contributed by atoms with Crippen LogP contribution in [-0.4, -0.2) is 11.0 Å². The third kappa shape index (κ3) is 3.34. The molecular formula is C17H17BrN2O. The topological polar surface area (TPSA) is 38.1 Å². The minimum atomic E-state index is 0.416. The molecule has 108 valence electrons. The third-order valence-electron chi connectivity index (χ3n) is 3.30. The molecule has 3 aromatic rings. The van der Waals surface area contributed by atoms with Crippen LogP contribution in [0.3, 0.4) is 0 Å². The maximum absolute atomic E-state index is 5.81. The first-order valence-electron chi connectivity index (χ1n) is 6.99. The number of fused-ring (bicyclic) bond motifs is 1. The predicted octanol–water partition coefficient (Wildman–Crippen LogP) is 4.76. The lowest BCUT2D eigenvalue weighted by atomic mass is 10.1. The van der Waals surface area contributed by atoms with E-state index in [1.54, 1.807) is 6.20 Å². The summed E-state index contributed by atoms with van der Waals surface area (Å²) in [7, 11) is 0. The fraction of sp³-hybridized carbons (Fsp3) is 0.235. The van der Waals surface area contributed by atoms with E-state index in [1.807, 2.05) is 6.07 Å². The van der Waals surface area contributed by atoms with Gasteiger partial charge >= 0.3 is 0 Å². The number of oxazole rings is 1. The van der Waals surface area contributed by atoms with Crippen LogP contribution in [0.25, 0.3) is 22.1 Å². The molecule has 1 N–H and O–H groups in total. The van der Waals surface area contributed by atoms with E-state index >= 15 is 0 Å². The summed E-state index contributed by atoms with van der Waals surface area (Å²) in [4.78, 5) is 4.32. The molecule has 0 amide bonds.